The fourth-order valence-electron chi connectivity index (χ4n) is 1.46. The van der Waals surface area contributed by atoms with Gasteiger partial charge in [0.25, 0.3) is 0 Å². The highest BCUT2D eigenvalue weighted by Crippen LogP contribution is 2.26. The highest BCUT2D eigenvalue weighted by atomic mass is 16.5. The predicted molar refractivity (Wildman–Crippen MR) is 34.3 cm³/mol. The number of nitrogens with one attached hydrogen (secondary N) is 1. The van der Waals surface area contributed by atoms with Gasteiger partial charge in [-0.05, 0) is 6.42 Å². The van der Waals surface area contributed by atoms with E-state index in [0.29, 0.717) is 13.2 Å². The second-order valence-electron chi connectivity index (χ2n) is 3.07. The highest BCUT2D eigenvalue weighted by molar-refractivity contribution is 5.85. The second kappa shape index (κ2) is 1.71. The van der Waals surface area contributed by atoms with E-state index in [2.05, 4.69) is 5.32 Å². The van der Waals surface area contributed by atoms with Crippen molar-refractivity contribution >= 4 is 5.91 Å². The Morgan fingerprint density at radius 1 is 1.70 bits per heavy atom. The third-order valence-electron chi connectivity index (χ3n) is 2.09. The molecule has 2 rings (SSSR count). The maximum Gasteiger partial charge on any atom is 0.237 e. The zero-order chi connectivity index (χ0) is 7.19. The lowest BCUT2D eigenvalue weighted by Crippen LogP contribution is -2.57. The summed E-state index contributed by atoms with van der Waals surface area (Å²) in [7, 11) is 0. The van der Waals surface area contributed by atoms with Crippen LogP contribution in [0.25, 0.3) is 0 Å². The van der Waals surface area contributed by atoms with Gasteiger partial charge in [0.15, 0.2) is 0 Å². The number of rotatable bonds is 0. The van der Waals surface area contributed by atoms with Crippen LogP contribution in [0.3, 0.4) is 0 Å². The molecule has 0 bridgehead atoms. The minimum absolute atomic E-state index is 0.0386. The van der Waals surface area contributed by atoms with Gasteiger partial charge in [0.1, 0.15) is 0 Å². The van der Waals surface area contributed by atoms with Crippen molar-refractivity contribution in [1.29, 1.82) is 0 Å². The van der Waals surface area contributed by atoms with Crippen LogP contribution >= 0.6 is 0 Å². The highest BCUT2D eigenvalue weighted by Gasteiger charge is 2.47. The second-order valence-corrected chi connectivity index (χ2v) is 3.07. The van der Waals surface area contributed by atoms with Gasteiger partial charge in [-0.3, -0.25) is 4.79 Å². The van der Waals surface area contributed by atoms with Gasteiger partial charge < -0.3 is 15.8 Å². The molecule has 2 aliphatic heterocycles. The van der Waals surface area contributed by atoms with Crippen molar-refractivity contribution in [1.82, 2.24) is 5.32 Å². The van der Waals surface area contributed by atoms with Gasteiger partial charge in [-0.2, -0.15) is 0 Å². The monoisotopic (exact) mass is 142 g/mol. The smallest absolute Gasteiger partial charge is 0.237 e. The fourth-order valence-corrected chi connectivity index (χ4v) is 1.46. The van der Waals surface area contributed by atoms with Crippen LogP contribution in [0.4, 0.5) is 0 Å². The largest absolute Gasteiger partial charge is 0.376 e. The summed E-state index contributed by atoms with van der Waals surface area (Å²) in [5.74, 6) is -0.0386. The Bertz CT molecular complexity index is 177. The van der Waals surface area contributed by atoms with Crippen LogP contribution in [-0.4, -0.2) is 30.7 Å². The third kappa shape index (κ3) is 0.660. The maximum absolute atomic E-state index is 10.9. The quantitative estimate of drug-likeness (QED) is 0.437. The third-order valence-corrected chi connectivity index (χ3v) is 2.09. The Hall–Kier alpha value is -0.610. The summed E-state index contributed by atoms with van der Waals surface area (Å²) < 4.78 is 4.99. The van der Waals surface area contributed by atoms with Crippen molar-refractivity contribution in [2.75, 3.05) is 13.2 Å². The summed E-state index contributed by atoms with van der Waals surface area (Å²) in [6.07, 6.45) is 0.728. The van der Waals surface area contributed by atoms with Crippen LogP contribution in [-0.2, 0) is 9.53 Å². The van der Waals surface area contributed by atoms with E-state index in [1.165, 1.54) is 0 Å². The van der Waals surface area contributed by atoms with E-state index in [0.717, 1.165) is 6.42 Å². The van der Waals surface area contributed by atoms with Gasteiger partial charge in [-0.25, -0.2) is 0 Å². The van der Waals surface area contributed by atoms with Gasteiger partial charge in [0, 0.05) is 0 Å². The lowest BCUT2D eigenvalue weighted by atomic mass is 9.94. The molecule has 56 valence electrons. The van der Waals surface area contributed by atoms with Gasteiger partial charge in [0.05, 0.1) is 24.8 Å². The molecule has 0 radical (unpaired) electrons. The Morgan fingerprint density at radius 2 is 2.40 bits per heavy atom. The first-order valence-corrected chi connectivity index (χ1v) is 3.37. The molecule has 0 aromatic heterocycles. The fraction of sp³-hybridized carbons (Fsp3) is 0.833. The predicted octanol–water partition coefficient (Wildman–Crippen LogP) is -1.40. The summed E-state index contributed by atoms with van der Waals surface area (Å²) >= 11 is 0. The van der Waals surface area contributed by atoms with E-state index in [-0.39, 0.29) is 17.5 Å². The Labute approximate surface area is 58.7 Å². The van der Waals surface area contributed by atoms with Gasteiger partial charge in [-0.15, -0.1) is 0 Å². The van der Waals surface area contributed by atoms with E-state index in [1.54, 1.807) is 0 Å². The van der Waals surface area contributed by atoms with Crippen LogP contribution in [0.2, 0.25) is 0 Å². The van der Waals surface area contributed by atoms with Crippen molar-refractivity contribution in [3.05, 3.63) is 0 Å². The molecule has 0 aliphatic carbocycles. The molecule has 0 aromatic rings. The van der Waals surface area contributed by atoms with E-state index < -0.39 is 0 Å². The summed E-state index contributed by atoms with van der Waals surface area (Å²) in [5, 5.41) is 2.83. The van der Waals surface area contributed by atoms with E-state index in [1.807, 2.05) is 0 Å². The Kier molecular flexibility index (Phi) is 1.04. The maximum atomic E-state index is 10.9. The molecule has 0 saturated carbocycles. The first-order chi connectivity index (χ1) is 4.72. The van der Waals surface area contributed by atoms with E-state index >= 15 is 0 Å². The normalized spacial score (nSPS) is 35.7. The molecule has 2 aliphatic rings. The first kappa shape index (κ1) is 6.12. The Balaban J connectivity index is 2.10. The number of hydrogen-bond donors (Lipinski definition) is 2. The minimum atomic E-state index is -0.316. The van der Waals surface area contributed by atoms with Gasteiger partial charge >= 0.3 is 0 Å². The number of carbonyl (C=O) groups is 1. The van der Waals surface area contributed by atoms with Crippen LogP contribution in [0.15, 0.2) is 0 Å². The Morgan fingerprint density at radius 3 is 2.60 bits per heavy atom. The molecule has 10 heavy (non-hydrogen) atoms. The van der Waals surface area contributed by atoms with Crippen molar-refractivity contribution in [3.8, 4) is 0 Å². The van der Waals surface area contributed by atoms with Crippen molar-refractivity contribution in [2.45, 2.75) is 18.0 Å². The molecule has 4 nitrogen and oxygen atoms in total. The molecule has 0 aromatic carbocycles. The average Bonchev–Trinajstić information content (AvgIpc) is 2.08. The van der Waals surface area contributed by atoms with Crippen LogP contribution in [0, 0.1) is 0 Å². The number of amides is 1. The molecule has 1 amide bonds. The number of nitrogens with two attached hydrogens (primary N) is 1. The molecule has 1 unspecified atom stereocenters. The summed E-state index contributed by atoms with van der Waals surface area (Å²) in [6.45, 7) is 1.26. The molecule has 2 saturated heterocycles. The topological polar surface area (TPSA) is 64.3 Å². The average molecular weight is 142 g/mol. The van der Waals surface area contributed by atoms with Gasteiger partial charge in [-0.1, -0.05) is 0 Å². The van der Waals surface area contributed by atoms with Crippen molar-refractivity contribution in [3.63, 3.8) is 0 Å². The lowest BCUT2D eigenvalue weighted by molar-refractivity contribution is -0.124. The number of hydrogen-bond acceptors (Lipinski definition) is 3. The van der Waals surface area contributed by atoms with Crippen LogP contribution in [0.5, 0.6) is 0 Å². The van der Waals surface area contributed by atoms with Crippen molar-refractivity contribution in [2.24, 2.45) is 5.73 Å². The standard InChI is InChI=1S/C6H10N2O2/c7-4-1-6(2-10-3-6)8-5(4)9/h4H,1-3,7H2,(H,8,9). The summed E-state index contributed by atoms with van der Waals surface area (Å²) in [4.78, 5) is 10.9. The van der Waals surface area contributed by atoms with Crippen LogP contribution in [0.1, 0.15) is 6.42 Å². The number of carbonyl (C=O) groups excluding carboxylic acids is 1. The molecule has 2 fully saturated rings. The molecular formula is C6H10N2O2. The molecule has 1 atom stereocenters. The van der Waals surface area contributed by atoms with Crippen molar-refractivity contribution < 1.29 is 9.53 Å². The molecule has 1 spiro atoms. The molecule has 2 heterocycles. The minimum Gasteiger partial charge on any atom is -0.376 e. The number of ether oxygens (including phenoxy) is 1. The summed E-state index contributed by atoms with van der Waals surface area (Å²) in [5.41, 5.74) is 5.41. The lowest BCUT2D eigenvalue weighted by Gasteiger charge is -2.37. The zero-order valence-electron chi connectivity index (χ0n) is 5.59. The molecule has 3 N–H and O–H groups in total. The molecular weight excluding hydrogens is 132 g/mol. The van der Waals surface area contributed by atoms with Crippen LogP contribution < -0.4 is 11.1 Å². The van der Waals surface area contributed by atoms with E-state index in [9.17, 15) is 4.79 Å². The molecule has 4 heteroatoms. The SMILES string of the molecule is NC1CC2(COC2)NC1=O. The van der Waals surface area contributed by atoms with E-state index in [4.69, 9.17) is 10.5 Å². The zero-order valence-corrected chi connectivity index (χ0v) is 5.59. The first-order valence-electron chi connectivity index (χ1n) is 3.37. The van der Waals surface area contributed by atoms with Gasteiger partial charge in [0.2, 0.25) is 5.91 Å². The summed E-state index contributed by atoms with van der Waals surface area (Å²) in [6, 6.07) is -0.316.